The third kappa shape index (κ3) is 2.78. The highest BCUT2D eigenvalue weighted by Gasteiger charge is 2.06. The fourth-order valence-corrected chi connectivity index (χ4v) is 1.32. The van der Waals surface area contributed by atoms with Crippen molar-refractivity contribution in [3.8, 4) is 11.8 Å². The van der Waals surface area contributed by atoms with E-state index >= 15 is 0 Å². The summed E-state index contributed by atoms with van der Waals surface area (Å²) in [4.78, 5) is 8.17. The Bertz CT molecular complexity index is 539. The van der Waals surface area contributed by atoms with Gasteiger partial charge in [-0.15, -0.1) is 0 Å². The van der Waals surface area contributed by atoms with E-state index in [-0.39, 0.29) is 11.8 Å². The van der Waals surface area contributed by atoms with E-state index in [0.29, 0.717) is 17.1 Å². The van der Waals surface area contributed by atoms with E-state index in [0.717, 1.165) is 0 Å². The summed E-state index contributed by atoms with van der Waals surface area (Å²) in [6.07, 6.45) is 0. The molecule has 2 rings (SSSR count). The third-order valence-corrected chi connectivity index (χ3v) is 2.06. The van der Waals surface area contributed by atoms with Gasteiger partial charge in [-0.1, -0.05) is 18.2 Å². The van der Waals surface area contributed by atoms with Gasteiger partial charge in [-0.2, -0.15) is 4.98 Å². The Balaban J connectivity index is 2.30. The van der Waals surface area contributed by atoms with Crippen LogP contribution in [0.5, 0.6) is 11.8 Å². The Kier molecular flexibility index (Phi) is 3.00. The topological polar surface area (TPSA) is 84.9 Å². The first kappa shape index (κ1) is 11.1. The molecule has 1 aromatic carbocycles. The second kappa shape index (κ2) is 4.61. The third-order valence-electron chi connectivity index (χ3n) is 2.06. The average molecular weight is 228 g/mol. The van der Waals surface area contributed by atoms with E-state index in [1.807, 2.05) is 18.2 Å². The zero-order valence-corrected chi connectivity index (χ0v) is 9.34. The molecule has 0 aliphatic heterocycles. The molecule has 86 valence electrons. The first-order valence-electron chi connectivity index (χ1n) is 5.08. The normalized spacial score (nSPS) is 9.94. The highest BCUT2D eigenvalue weighted by Crippen LogP contribution is 2.17. The lowest BCUT2D eigenvalue weighted by molar-refractivity contribution is 0.440. The van der Waals surface area contributed by atoms with Crippen LogP contribution in [0.3, 0.4) is 0 Å². The van der Waals surface area contributed by atoms with E-state index < -0.39 is 0 Å². The van der Waals surface area contributed by atoms with Crippen LogP contribution in [0.2, 0.25) is 0 Å². The maximum Gasteiger partial charge on any atom is 0.322 e. The van der Waals surface area contributed by atoms with Crippen LogP contribution < -0.4 is 10.5 Å². The largest absolute Gasteiger partial charge is 0.424 e. The highest BCUT2D eigenvalue weighted by atomic mass is 16.5. The summed E-state index contributed by atoms with van der Waals surface area (Å²) in [6, 6.07) is 11.1. The molecule has 0 saturated heterocycles. The van der Waals surface area contributed by atoms with Crippen LogP contribution in [0.15, 0.2) is 36.4 Å². The molecule has 1 heterocycles. The van der Waals surface area contributed by atoms with Gasteiger partial charge in [0, 0.05) is 5.69 Å². The molecular formula is C12H12N4O. The van der Waals surface area contributed by atoms with Gasteiger partial charge in [0.25, 0.3) is 0 Å². The number of nitrogens with zero attached hydrogens (tertiary/aromatic N) is 2. The minimum atomic E-state index is -0.103. The second-order valence-electron chi connectivity index (χ2n) is 3.51. The maximum absolute atomic E-state index is 7.34. The molecule has 2 aromatic rings. The summed E-state index contributed by atoms with van der Waals surface area (Å²) < 4.78 is 5.48. The summed E-state index contributed by atoms with van der Waals surface area (Å²) in [6.45, 7) is 1.80. The van der Waals surface area contributed by atoms with Crippen molar-refractivity contribution in [1.82, 2.24) is 9.97 Å². The molecule has 0 unspecified atom stereocenters. The number of nitrogen functional groups attached to an aromatic ring is 1. The molecule has 0 aliphatic carbocycles. The Morgan fingerprint density at radius 1 is 1.24 bits per heavy atom. The molecule has 0 radical (unpaired) electrons. The molecule has 0 bridgehead atoms. The van der Waals surface area contributed by atoms with Gasteiger partial charge in [0.05, 0.1) is 0 Å². The Labute approximate surface area is 98.8 Å². The van der Waals surface area contributed by atoms with Crippen molar-refractivity contribution in [1.29, 1.82) is 5.41 Å². The summed E-state index contributed by atoms with van der Waals surface area (Å²) in [5.41, 5.74) is 6.45. The number of benzene rings is 1. The van der Waals surface area contributed by atoms with Gasteiger partial charge in [0.15, 0.2) is 0 Å². The van der Waals surface area contributed by atoms with Crippen LogP contribution in [0.4, 0.5) is 0 Å². The first-order chi connectivity index (χ1) is 8.15. The molecule has 17 heavy (non-hydrogen) atoms. The predicted octanol–water partition coefficient (Wildman–Crippen LogP) is 1.86. The molecule has 3 N–H and O–H groups in total. The second-order valence-corrected chi connectivity index (χ2v) is 3.51. The van der Waals surface area contributed by atoms with Crippen molar-refractivity contribution in [2.24, 2.45) is 5.73 Å². The molecular weight excluding hydrogens is 216 g/mol. The van der Waals surface area contributed by atoms with Gasteiger partial charge in [0.2, 0.25) is 0 Å². The lowest BCUT2D eigenvalue weighted by Crippen LogP contribution is -2.14. The van der Waals surface area contributed by atoms with Gasteiger partial charge >= 0.3 is 6.01 Å². The first-order valence-corrected chi connectivity index (χ1v) is 5.08. The van der Waals surface area contributed by atoms with Gasteiger partial charge in [0.1, 0.15) is 17.3 Å². The fraction of sp³-hybridized carbons (Fsp3) is 0.0833. The van der Waals surface area contributed by atoms with Crippen LogP contribution in [0.1, 0.15) is 11.4 Å². The molecule has 1 aromatic heterocycles. The minimum Gasteiger partial charge on any atom is -0.424 e. The monoisotopic (exact) mass is 228 g/mol. The van der Waals surface area contributed by atoms with Crippen LogP contribution in [-0.2, 0) is 0 Å². The van der Waals surface area contributed by atoms with E-state index in [9.17, 15) is 0 Å². The highest BCUT2D eigenvalue weighted by molar-refractivity contribution is 5.93. The number of hydrogen-bond acceptors (Lipinski definition) is 4. The number of ether oxygens (including phenoxy) is 1. The zero-order chi connectivity index (χ0) is 12.3. The van der Waals surface area contributed by atoms with E-state index in [4.69, 9.17) is 15.9 Å². The number of nitrogens with one attached hydrogen (secondary N) is 1. The average Bonchev–Trinajstić information content (AvgIpc) is 2.29. The lowest BCUT2D eigenvalue weighted by Gasteiger charge is -2.06. The molecule has 0 saturated carbocycles. The number of amidine groups is 1. The molecule has 5 nitrogen and oxygen atoms in total. The molecule has 0 spiro atoms. The Hall–Kier alpha value is -2.43. The number of aromatic nitrogens is 2. The molecule has 0 aliphatic rings. The van der Waals surface area contributed by atoms with Crippen molar-refractivity contribution in [3.05, 3.63) is 47.8 Å². The van der Waals surface area contributed by atoms with Crippen LogP contribution in [0.25, 0.3) is 0 Å². The van der Waals surface area contributed by atoms with Gasteiger partial charge in [-0.3, -0.25) is 5.41 Å². The fourth-order valence-electron chi connectivity index (χ4n) is 1.32. The summed E-state index contributed by atoms with van der Waals surface area (Å²) in [5, 5.41) is 7.34. The number of para-hydroxylation sites is 1. The number of hydrogen-bond donors (Lipinski definition) is 2. The standard InChI is InChI=1S/C12H12N4O/c1-8-7-10(11(13)14)16-12(15-8)17-9-5-3-2-4-6-9/h2-7H,1H3,(H3,13,14). The minimum absolute atomic E-state index is 0.103. The van der Waals surface area contributed by atoms with Crippen molar-refractivity contribution >= 4 is 5.84 Å². The van der Waals surface area contributed by atoms with Gasteiger partial charge in [-0.25, -0.2) is 4.98 Å². The molecule has 0 amide bonds. The SMILES string of the molecule is Cc1cc(C(=N)N)nc(Oc2ccccc2)n1. The van der Waals surface area contributed by atoms with Crippen LogP contribution >= 0.6 is 0 Å². The van der Waals surface area contributed by atoms with Crippen molar-refractivity contribution in [2.75, 3.05) is 0 Å². The van der Waals surface area contributed by atoms with E-state index in [1.165, 1.54) is 0 Å². The number of nitrogens with two attached hydrogens (primary N) is 1. The van der Waals surface area contributed by atoms with Crippen molar-refractivity contribution in [2.45, 2.75) is 6.92 Å². The summed E-state index contributed by atoms with van der Waals surface area (Å²) >= 11 is 0. The lowest BCUT2D eigenvalue weighted by atomic mass is 10.3. The van der Waals surface area contributed by atoms with Gasteiger partial charge < -0.3 is 10.5 Å². The van der Waals surface area contributed by atoms with Crippen LogP contribution in [-0.4, -0.2) is 15.8 Å². The zero-order valence-electron chi connectivity index (χ0n) is 9.34. The van der Waals surface area contributed by atoms with Crippen molar-refractivity contribution in [3.63, 3.8) is 0 Å². The summed E-state index contributed by atoms with van der Waals surface area (Å²) in [5.74, 6) is 0.543. The molecule has 0 fully saturated rings. The number of rotatable bonds is 3. The Morgan fingerprint density at radius 3 is 2.59 bits per heavy atom. The predicted molar refractivity (Wildman–Crippen MR) is 64.3 cm³/mol. The molecule has 5 heteroatoms. The van der Waals surface area contributed by atoms with Crippen molar-refractivity contribution < 1.29 is 4.74 Å². The van der Waals surface area contributed by atoms with E-state index in [2.05, 4.69) is 9.97 Å². The van der Waals surface area contributed by atoms with Gasteiger partial charge in [-0.05, 0) is 25.1 Å². The van der Waals surface area contributed by atoms with E-state index in [1.54, 1.807) is 25.1 Å². The number of aryl methyl sites for hydroxylation is 1. The quantitative estimate of drug-likeness (QED) is 0.620. The Morgan fingerprint density at radius 2 is 1.94 bits per heavy atom. The smallest absolute Gasteiger partial charge is 0.322 e. The summed E-state index contributed by atoms with van der Waals surface area (Å²) in [7, 11) is 0. The maximum atomic E-state index is 7.34. The molecule has 0 atom stereocenters. The van der Waals surface area contributed by atoms with Crippen LogP contribution in [0, 0.1) is 12.3 Å².